The summed E-state index contributed by atoms with van der Waals surface area (Å²) in [6.07, 6.45) is 1.92. The number of rotatable bonds is 7. The number of ether oxygens (including phenoxy) is 1. The minimum atomic E-state index is -1.82. The molecule has 0 radical (unpaired) electrons. The van der Waals surface area contributed by atoms with Gasteiger partial charge in [-0.25, -0.2) is 9.59 Å². The van der Waals surface area contributed by atoms with Crippen molar-refractivity contribution in [2.24, 2.45) is 0 Å². The lowest BCUT2D eigenvalue weighted by atomic mass is 10.0. The fraction of sp³-hybridized carbons (Fsp3) is 0.545. The summed E-state index contributed by atoms with van der Waals surface area (Å²) in [5, 5.41) is 17.1. The minimum Gasteiger partial charge on any atom is -0.494 e. The average Bonchev–Trinajstić information content (AvgIpc) is 2.28. The summed E-state index contributed by atoms with van der Waals surface area (Å²) in [6, 6.07) is 0. The maximum Gasteiger partial charge on any atom is 0.377 e. The van der Waals surface area contributed by atoms with Gasteiger partial charge in [-0.05, 0) is 19.8 Å². The zero-order valence-corrected chi connectivity index (χ0v) is 10.0. The monoisotopic (exact) mass is 244 g/mol. The largest absolute Gasteiger partial charge is 0.494 e. The Bertz CT molecular complexity index is 351. The number of carbonyl (C=O) groups is 3. The molecule has 0 aliphatic heterocycles. The van der Waals surface area contributed by atoms with Crippen LogP contribution in [-0.2, 0) is 19.1 Å². The van der Waals surface area contributed by atoms with Gasteiger partial charge in [0, 0.05) is 0 Å². The number of ketones is 1. The molecule has 0 aromatic carbocycles. The predicted molar refractivity (Wildman–Crippen MR) is 58.4 cm³/mol. The maximum atomic E-state index is 11.0. The van der Waals surface area contributed by atoms with E-state index in [1.807, 2.05) is 13.8 Å². The average molecular weight is 244 g/mol. The molecule has 0 heterocycles. The fourth-order valence-corrected chi connectivity index (χ4v) is 0.934. The molecule has 0 aliphatic rings. The summed E-state index contributed by atoms with van der Waals surface area (Å²) in [5.74, 6) is -4.93. The molecule has 96 valence electrons. The number of aliphatic carboxylic acids is 2. The molecule has 0 spiro atoms. The SMILES string of the molecule is CCC(C)(CC)OC=C(C(=O)O)C(=O)C(=O)O. The van der Waals surface area contributed by atoms with Crippen LogP contribution in [0.1, 0.15) is 33.6 Å². The smallest absolute Gasteiger partial charge is 0.377 e. The molecule has 6 heteroatoms. The summed E-state index contributed by atoms with van der Waals surface area (Å²) >= 11 is 0. The Labute approximate surface area is 98.9 Å². The second-order valence-corrected chi connectivity index (χ2v) is 3.75. The predicted octanol–water partition coefficient (Wildman–Crippen LogP) is 1.20. The third kappa shape index (κ3) is 4.26. The Morgan fingerprint density at radius 2 is 1.59 bits per heavy atom. The van der Waals surface area contributed by atoms with Crippen LogP contribution in [0.15, 0.2) is 11.8 Å². The van der Waals surface area contributed by atoms with Crippen LogP contribution in [0, 0.1) is 0 Å². The van der Waals surface area contributed by atoms with Gasteiger partial charge in [0.1, 0.15) is 17.4 Å². The molecule has 2 N–H and O–H groups in total. The van der Waals surface area contributed by atoms with Crippen molar-refractivity contribution in [1.29, 1.82) is 0 Å². The van der Waals surface area contributed by atoms with Crippen LogP contribution in [-0.4, -0.2) is 33.5 Å². The molecule has 6 nitrogen and oxygen atoms in total. The Balaban J connectivity index is 5.04. The van der Waals surface area contributed by atoms with E-state index in [0.29, 0.717) is 19.1 Å². The van der Waals surface area contributed by atoms with Crippen molar-refractivity contribution in [1.82, 2.24) is 0 Å². The molecule has 0 amide bonds. The molecule has 0 unspecified atom stereocenters. The first kappa shape index (κ1) is 15.2. The lowest BCUT2D eigenvalue weighted by Crippen LogP contribution is -2.27. The van der Waals surface area contributed by atoms with Gasteiger partial charge in [0.2, 0.25) is 0 Å². The first-order valence-electron chi connectivity index (χ1n) is 5.16. The van der Waals surface area contributed by atoms with Gasteiger partial charge in [0.15, 0.2) is 0 Å². The van der Waals surface area contributed by atoms with E-state index in [1.165, 1.54) is 0 Å². The van der Waals surface area contributed by atoms with Crippen LogP contribution < -0.4 is 0 Å². The lowest BCUT2D eigenvalue weighted by Gasteiger charge is -2.26. The zero-order valence-electron chi connectivity index (χ0n) is 10.0. The van der Waals surface area contributed by atoms with Gasteiger partial charge in [-0.3, -0.25) is 4.79 Å². The highest BCUT2D eigenvalue weighted by Gasteiger charge is 2.27. The van der Waals surface area contributed by atoms with Crippen molar-refractivity contribution in [2.45, 2.75) is 39.2 Å². The van der Waals surface area contributed by atoms with Gasteiger partial charge in [-0.2, -0.15) is 0 Å². The summed E-state index contributed by atoms with van der Waals surface area (Å²) in [5.41, 5.74) is -1.50. The van der Waals surface area contributed by atoms with Gasteiger partial charge >= 0.3 is 11.9 Å². The second kappa shape index (κ2) is 6.03. The van der Waals surface area contributed by atoms with E-state index in [-0.39, 0.29) is 0 Å². The zero-order chi connectivity index (χ0) is 13.6. The Morgan fingerprint density at radius 1 is 1.12 bits per heavy atom. The Morgan fingerprint density at radius 3 is 1.88 bits per heavy atom. The molecule has 0 aromatic rings. The van der Waals surface area contributed by atoms with Crippen LogP contribution in [0.2, 0.25) is 0 Å². The van der Waals surface area contributed by atoms with E-state index in [4.69, 9.17) is 14.9 Å². The van der Waals surface area contributed by atoms with Gasteiger partial charge in [0.05, 0.1) is 0 Å². The van der Waals surface area contributed by atoms with Crippen LogP contribution >= 0.6 is 0 Å². The minimum absolute atomic E-state index is 0.605. The summed E-state index contributed by atoms with van der Waals surface area (Å²) < 4.78 is 5.20. The fourth-order valence-electron chi connectivity index (χ4n) is 0.934. The highest BCUT2D eigenvalue weighted by molar-refractivity contribution is 6.45. The quantitative estimate of drug-likeness (QED) is 0.229. The number of Topliss-reactive ketones (excluding diaryl/α,β-unsaturated/α-hetero) is 1. The number of carboxylic acid groups (broad SMARTS) is 2. The maximum absolute atomic E-state index is 11.0. The standard InChI is InChI=1S/C11H16O6/c1-4-11(3,5-2)17-6-7(9(13)14)8(12)10(15)16/h6H,4-5H2,1-3H3,(H,13,14)(H,15,16). The Hall–Kier alpha value is -1.85. The van der Waals surface area contributed by atoms with Crippen molar-refractivity contribution in [3.05, 3.63) is 11.8 Å². The van der Waals surface area contributed by atoms with Crippen LogP contribution in [0.5, 0.6) is 0 Å². The lowest BCUT2D eigenvalue weighted by molar-refractivity contribution is -0.149. The van der Waals surface area contributed by atoms with Gasteiger partial charge < -0.3 is 14.9 Å². The molecular weight excluding hydrogens is 228 g/mol. The van der Waals surface area contributed by atoms with E-state index in [2.05, 4.69) is 0 Å². The second-order valence-electron chi connectivity index (χ2n) is 3.75. The first-order chi connectivity index (χ1) is 7.77. The van der Waals surface area contributed by atoms with Crippen molar-refractivity contribution < 1.29 is 29.3 Å². The molecule has 0 fully saturated rings. The molecule has 0 atom stereocenters. The van der Waals surface area contributed by atoms with E-state index < -0.39 is 28.9 Å². The van der Waals surface area contributed by atoms with Crippen LogP contribution in [0.4, 0.5) is 0 Å². The Kier molecular flexibility index (Phi) is 5.37. The van der Waals surface area contributed by atoms with Gasteiger partial charge in [0.25, 0.3) is 5.78 Å². The first-order valence-corrected chi connectivity index (χ1v) is 5.16. The molecule has 0 saturated carbocycles. The number of hydrogen-bond acceptors (Lipinski definition) is 4. The van der Waals surface area contributed by atoms with Gasteiger partial charge in [-0.15, -0.1) is 0 Å². The number of carboxylic acids is 2. The highest BCUT2D eigenvalue weighted by Crippen LogP contribution is 2.20. The summed E-state index contributed by atoms with van der Waals surface area (Å²) in [7, 11) is 0. The molecule has 0 aliphatic carbocycles. The van der Waals surface area contributed by atoms with Crippen LogP contribution in [0.3, 0.4) is 0 Å². The summed E-state index contributed by atoms with van der Waals surface area (Å²) in [6.45, 7) is 5.43. The third-order valence-corrected chi connectivity index (χ3v) is 2.63. The van der Waals surface area contributed by atoms with E-state index in [0.717, 1.165) is 0 Å². The van der Waals surface area contributed by atoms with E-state index in [1.54, 1.807) is 6.92 Å². The molecule has 0 bridgehead atoms. The molecule has 17 heavy (non-hydrogen) atoms. The third-order valence-electron chi connectivity index (χ3n) is 2.63. The van der Waals surface area contributed by atoms with Crippen molar-refractivity contribution in [2.75, 3.05) is 0 Å². The molecule has 0 aromatic heterocycles. The van der Waals surface area contributed by atoms with Crippen molar-refractivity contribution >= 4 is 17.7 Å². The van der Waals surface area contributed by atoms with Crippen LogP contribution in [0.25, 0.3) is 0 Å². The summed E-state index contributed by atoms with van der Waals surface area (Å²) in [4.78, 5) is 32.2. The van der Waals surface area contributed by atoms with E-state index >= 15 is 0 Å². The van der Waals surface area contributed by atoms with Gasteiger partial charge in [-0.1, -0.05) is 13.8 Å². The van der Waals surface area contributed by atoms with Crippen molar-refractivity contribution in [3.63, 3.8) is 0 Å². The normalized spacial score (nSPS) is 12.1. The van der Waals surface area contributed by atoms with E-state index in [9.17, 15) is 14.4 Å². The molecule has 0 rings (SSSR count). The number of hydrogen-bond donors (Lipinski definition) is 2. The highest BCUT2D eigenvalue weighted by atomic mass is 16.5. The number of carbonyl (C=O) groups excluding carboxylic acids is 1. The molecular formula is C11H16O6. The topological polar surface area (TPSA) is 101 Å². The molecule has 0 saturated heterocycles. The van der Waals surface area contributed by atoms with Crippen molar-refractivity contribution in [3.8, 4) is 0 Å².